The fourth-order valence-electron chi connectivity index (χ4n) is 2.73. The molecule has 1 fully saturated rings. The van der Waals surface area contributed by atoms with Crippen molar-refractivity contribution in [3.05, 3.63) is 35.9 Å². The topological polar surface area (TPSA) is 92.5 Å². The maximum atomic E-state index is 12.2. The number of piperidine rings is 1. The van der Waals surface area contributed by atoms with Crippen molar-refractivity contribution in [2.75, 3.05) is 18.8 Å². The van der Waals surface area contributed by atoms with E-state index in [0.29, 0.717) is 25.9 Å². The van der Waals surface area contributed by atoms with Crippen molar-refractivity contribution in [3.8, 4) is 0 Å². The van der Waals surface area contributed by atoms with Crippen LogP contribution in [-0.4, -0.2) is 38.2 Å². The zero-order valence-corrected chi connectivity index (χ0v) is 13.6. The highest BCUT2D eigenvalue weighted by Gasteiger charge is 2.25. The Labute approximate surface area is 131 Å². The lowest BCUT2D eigenvalue weighted by Crippen LogP contribution is -2.46. The third-order valence-corrected chi connectivity index (χ3v) is 4.95. The zero-order valence-electron chi connectivity index (χ0n) is 12.7. The second-order valence-electron chi connectivity index (χ2n) is 5.84. The predicted octanol–water partition coefficient (Wildman–Crippen LogP) is 1.46. The van der Waals surface area contributed by atoms with Gasteiger partial charge in [-0.1, -0.05) is 30.3 Å². The standard InChI is InChI=1S/C15H23N3O3S/c1-12(14-5-3-2-4-6-14)17-15(19)18-9-7-13(8-10-18)11-22(16,20)21/h2-6,12-13H,7-11H2,1H3,(H,17,19)(H2,16,20,21)/t12-/m1/s1. The van der Waals surface area contributed by atoms with E-state index in [-0.39, 0.29) is 23.7 Å². The number of likely N-dealkylation sites (tertiary alicyclic amines) is 1. The van der Waals surface area contributed by atoms with Crippen LogP contribution in [0.1, 0.15) is 31.4 Å². The van der Waals surface area contributed by atoms with E-state index in [9.17, 15) is 13.2 Å². The Balaban J connectivity index is 1.83. The molecule has 1 saturated heterocycles. The van der Waals surface area contributed by atoms with Crippen molar-refractivity contribution in [2.45, 2.75) is 25.8 Å². The molecular formula is C15H23N3O3S. The molecule has 1 aromatic carbocycles. The molecule has 2 amide bonds. The van der Waals surface area contributed by atoms with Gasteiger partial charge < -0.3 is 10.2 Å². The van der Waals surface area contributed by atoms with Crippen molar-refractivity contribution in [1.82, 2.24) is 10.2 Å². The average molecular weight is 325 g/mol. The van der Waals surface area contributed by atoms with E-state index in [1.165, 1.54) is 0 Å². The minimum atomic E-state index is -3.44. The second-order valence-corrected chi connectivity index (χ2v) is 7.50. The molecule has 1 aliphatic rings. The number of sulfonamides is 1. The Morgan fingerprint density at radius 2 is 1.91 bits per heavy atom. The number of nitrogens with zero attached hydrogens (tertiary/aromatic N) is 1. The third-order valence-electron chi connectivity index (χ3n) is 4.01. The van der Waals surface area contributed by atoms with Crippen LogP contribution in [-0.2, 0) is 10.0 Å². The number of hydrogen-bond acceptors (Lipinski definition) is 3. The largest absolute Gasteiger partial charge is 0.331 e. The molecule has 0 unspecified atom stereocenters. The van der Waals surface area contributed by atoms with E-state index >= 15 is 0 Å². The molecule has 7 heteroatoms. The monoisotopic (exact) mass is 325 g/mol. The van der Waals surface area contributed by atoms with Gasteiger partial charge in [-0.05, 0) is 31.2 Å². The van der Waals surface area contributed by atoms with Gasteiger partial charge in [0.15, 0.2) is 0 Å². The van der Waals surface area contributed by atoms with E-state index in [2.05, 4.69) is 5.32 Å². The van der Waals surface area contributed by atoms with Crippen molar-refractivity contribution < 1.29 is 13.2 Å². The molecule has 0 saturated carbocycles. The van der Waals surface area contributed by atoms with Crippen molar-refractivity contribution in [1.29, 1.82) is 0 Å². The summed E-state index contributed by atoms with van der Waals surface area (Å²) < 4.78 is 22.2. The minimum absolute atomic E-state index is 0.00285. The number of nitrogens with two attached hydrogens (primary N) is 1. The van der Waals surface area contributed by atoms with Gasteiger partial charge in [0.05, 0.1) is 11.8 Å². The van der Waals surface area contributed by atoms with Crippen LogP contribution in [0.25, 0.3) is 0 Å². The highest BCUT2D eigenvalue weighted by Crippen LogP contribution is 2.19. The second kappa shape index (κ2) is 7.11. The van der Waals surface area contributed by atoms with Crippen LogP contribution in [0.4, 0.5) is 4.79 Å². The Kier molecular flexibility index (Phi) is 5.42. The lowest BCUT2D eigenvalue weighted by Gasteiger charge is -2.32. The first-order chi connectivity index (χ1) is 10.3. The van der Waals surface area contributed by atoms with Gasteiger partial charge in [-0.25, -0.2) is 18.4 Å². The van der Waals surface area contributed by atoms with Crippen LogP contribution >= 0.6 is 0 Å². The van der Waals surface area contributed by atoms with Crippen LogP contribution in [0.15, 0.2) is 30.3 Å². The van der Waals surface area contributed by atoms with Gasteiger partial charge in [-0.2, -0.15) is 0 Å². The van der Waals surface area contributed by atoms with E-state index in [0.717, 1.165) is 5.56 Å². The fraction of sp³-hybridized carbons (Fsp3) is 0.533. The maximum absolute atomic E-state index is 12.2. The van der Waals surface area contributed by atoms with Gasteiger partial charge >= 0.3 is 6.03 Å². The molecule has 0 aliphatic carbocycles. The molecule has 1 heterocycles. The van der Waals surface area contributed by atoms with E-state index in [1.807, 2.05) is 37.3 Å². The quantitative estimate of drug-likeness (QED) is 0.877. The number of amides is 2. The van der Waals surface area contributed by atoms with Crippen LogP contribution in [0.3, 0.4) is 0 Å². The molecule has 1 aliphatic heterocycles. The number of hydrogen-bond donors (Lipinski definition) is 2. The maximum Gasteiger partial charge on any atom is 0.317 e. The summed E-state index contributed by atoms with van der Waals surface area (Å²) in [7, 11) is -3.44. The molecule has 6 nitrogen and oxygen atoms in total. The number of rotatable bonds is 4. The molecule has 0 bridgehead atoms. The summed E-state index contributed by atoms with van der Waals surface area (Å²) >= 11 is 0. The number of carbonyl (C=O) groups is 1. The average Bonchev–Trinajstić information content (AvgIpc) is 2.47. The molecule has 0 radical (unpaired) electrons. The van der Waals surface area contributed by atoms with Gasteiger partial charge in [0.25, 0.3) is 0 Å². The first kappa shape index (κ1) is 16.8. The summed E-state index contributed by atoms with van der Waals surface area (Å²) in [4.78, 5) is 14.0. The van der Waals surface area contributed by atoms with Gasteiger partial charge in [-0.3, -0.25) is 0 Å². The summed E-state index contributed by atoms with van der Waals surface area (Å²) in [6.45, 7) is 3.07. The van der Waals surface area contributed by atoms with E-state index < -0.39 is 10.0 Å². The van der Waals surface area contributed by atoms with Gasteiger partial charge in [-0.15, -0.1) is 0 Å². The molecule has 0 spiro atoms. The van der Waals surface area contributed by atoms with Crippen LogP contribution in [0, 0.1) is 5.92 Å². The first-order valence-electron chi connectivity index (χ1n) is 7.46. The highest BCUT2D eigenvalue weighted by molar-refractivity contribution is 7.89. The summed E-state index contributed by atoms with van der Waals surface area (Å²) in [6, 6.07) is 9.61. The van der Waals surface area contributed by atoms with Crippen LogP contribution < -0.4 is 10.5 Å². The number of nitrogens with one attached hydrogen (secondary N) is 1. The fourth-order valence-corrected chi connectivity index (χ4v) is 3.72. The van der Waals surface area contributed by atoms with Crippen molar-refractivity contribution in [2.24, 2.45) is 11.1 Å². The first-order valence-corrected chi connectivity index (χ1v) is 9.17. The van der Waals surface area contributed by atoms with Crippen LogP contribution in [0.5, 0.6) is 0 Å². The Hall–Kier alpha value is -1.60. The summed E-state index contributed by atoms with van der Waals surface area (Å²) in [5.41, 5.74) is 1.06. The normalized spacial score (nSPS) is 18.0. The van der Waals surface area contributed by atoms with E-state index in [4.69, 9.17) is 5.14 Å². The number of urea groups is 1. The molecule has 1 aromatic rings. The van der Waals surface area contributed by atoms with Crippen molar-refractivity contribution in [3.63, 3.8) is 0 Å². The minimum Gasteiger partial charge on any atom is -0.331 e. The van der Waals surface area contributed by atoms with Gasteiger partial charge in [0, 0.05) is 13.1 Å². The number of primary sulfonamides is 1. The third kappa shape index (κ3) is 4.99. The SMILES string of the molecule is C[C@@H](NC(=O)N1CCC(CS(N)(=O)=O)CC1)c1ccccc1. The molecule has 3 N–H and O–H groups in total. The number of benzene rings is 1. The molecule has 1 atom stereocenters. The smallest absolute Gasteiger partial charge is 0.317 e. The zero-order chi connectivity index (χ0) is 16.2. The Morgan fingerprint density at radius 1 is 1.32 bits per heavy atom. The lowest BCUT2D eigenvalue weighted by atomic mass is 9.99. The van der Waals surface area contributed by atoms with Gasteiger partial charge in [0.2, 0.25) is 10.0 Å². The Bertz CT molecular complexity index is 596. The summed E-state index contributed by atoms with van der Waals surface area (Å²) in [5.74, 6) is 0.0497. The predicted molar refractivity (Wildman–Crippen MR) is 85.7 cm³/mol. The van der Waals surface area contributed by atoms with Crippen LogP contribution in [0.2, 0.25) is 0 Å². The molecule has 0 aromatic heterocycles. The molecular weight excluding hydrogens is 302 g/mol. The summed E-state index contributed by atoms with van der Waals surface area (Å²) in [6.07, 6.45) is 1.34. The van der Waals surface area contributed by atoms with E-state index in [1.54, 1.807) is 4.90 Å². The lowest BCUT2D eigenvalue weighted by molar-refractivity contribution is 0.171. The molecule has 122 valence electrons. The number of carbonyl (C=O) groups excluding carboxylic acids is 1. The molecule has 22 heavy (non-hydrogen) atoms. The van der Waals surface area contributed by atoms with Crippen molar-refractivity contribution >= 4 is 16.1 Å². The molecule has 2 rings (SSSR count). The highest BCUT2D eigenvalue weighted by atomic mass is 32.2. The summed E-state index contributed by atoms with van der Waals surface area (Å²) in [5, 5.41) is 8.04. The Morgan fingerprint density at radius 3 is 2.45 bits per heavy atom. The van der Waals surface area contributed by atoms with Gasteiger partial charge in [0.1, 0.15) is 0 Å².